The van der Waals surface area contributed by atoms with Crippen LogP contribution >= 0.6 is 0 Å². The predicted molar refractivity (Wildman–Crippen MR) is 144 cm³/mol. The van der Waals surface area contributed by atoms with Gasteiger partial charge in [-0.1, -0.05) is 24.8 Å². The Morgan fingerprint density at radius 2 is 1.62 bits per heavy atom. The third kappa shape index (κ3) is 5.35. The van der Waals surface area contributed by atoms with Gasteiger partial charge in [-0.05, 0) is 78.6 Å². The summed E-state index contributed by atoms with van der Waals surface area (Å²) in [6, 6.07) is 19.0. The number of rotatable bonds is 3. The van der Waals surface area contributed by atoms with Gasteiger partial charge < -0.3 is 21.3 Å². The van der Waals surface area contributed by atoms with Crippen molar-refractivity contribution in [1.82, 2.24) is 14.9 Å². The molecular formula is C28H32N6. The van der Waals surface area contributed by atoms with E-state index < -0.39 is 0 Å². The molecule has 1 fully saturated rings. The molecule has 0 atom stereocenters. The molecule has 1 saturated heterocycles. The number of benzene rings is 2. The first-order valence-corrected chi connectivity index (χ1v) is 11.5. The van der Waals surface area contributed by atoms with E-state index in [2.05, 4.69) is 77.5 Å². The first-order chi connectivity index (χ1) is 16.5. The average Bonchev–Trinajstić information content (AvgIpc) is 2.84. The SMILES string of the molecule is C=CN.Cc1cc(N)cc(-c2ccc3cnc(-c4ccnc(N5CCN(C)CC5)c4)cc3c2)c1. The van der Waals surface area contributed by atoms with Crippen LogP contribution in [0.4, 0.5) is 11.5 Å². The van der Waals surface area contributed by atoms with E-state index in [1.807, 2.05) is 30.6 Å². The summed E-state index contributed by atoms with van der Waals surface area (Å²) in [5, 5.41) is 2.29. The highest BCUT2D eigenvalue weighted by Gasteiger charge is 2.16. The fourth-order valence-electron chi connectivity index (χ4n) is 4.24. The first-order valence-electron chi connectivity index (χ1n) is 11.5. The van der Waals surface area contributed by atoms with Gasteiger partial charge in [0.25, 0.3) is 0 Å². The second kappa shape index (κ2) is 10.4. The number of likely N-dealkylation sites (N-methyl/N-ethyl adjacent to an activating group) is 1. The van der Waals surface area contributed by atoms with Crippen LogP contribution in [0.5, 0.6) is 0 Å². The van der Waals surface area contributed by atoms with Crippen LogP contribution in [-0.2, 0) is 0 Å². The van der Waals surface area contributed by atoms with Crippen molar-refractivity contribution in [2.45, 2.75) is 6.92 Å². The number of nitrogens with zero attached hydrogens (tertiary/aromatic N) is 4. The molecule has 5 rings (SSSR count). The van der Waals surface area contributed by atoms with E-state index in [1.54, 1.807) is 0 Å². The lowest BCUT2D eigenvalue weighted by Gasteiger charge is -2.33. The Morgan fingerprint density at radius 1 is 0.853 bits per heavy atom. The summed E-state index contributed by atoms with van der Waals surface area (Å²) >= 11 is 0. The highest BCUT2D eigenvalue weighted by atomic mass is 15.3. The number of aromatic nitrogens is 2. The lowest BCUT2D eigenvalue weighted by Crippen LogP contribution is -2.44. The van der Waals surface area contributed by atoms with Crippen LogP contribution in [-0.4, -0.2) is 48.1 Å². The van der Waals surface area contributed by atoms with Gasteiger partial charge >= 0.3 is 0 Å². The van der Waals surface area contributed by atoms with Crippen LogP contribution in [0.1, 0.15) is 5.56 Å². The molecule has 34 heavy (non-hydrogen) atoms. The molecule has 0 amide bonds. The molecule has 2 aromatic heterocycles. The summed E-state index contributed by atoms with van der Waals surface area (Å²) in [6.07, 6.45) is 5.09. The summed E-state index contributed by atoms with van der Waals surface area (Å²) in [5.41, 5.74) is 17.0. The minimum absolute atomic E-state index is 0.790. The van der Waals surface area contributed by atoms with Crippen molar-refractivity contribution in [3.05, 3.63) is 85.3 Å². The highest BCUT2D eigenvalue weighted by Crippen LogP contribution is 2.29. The number of pyridine rings is 2. The van der Waals surface area contributed by atoms with Crippen molar-refractivity contribution in [1.29, 1.82) is 0 Å². The van der Waals surface area contributed by atoms with Crippen LogP contribution < -0.4 is 16.4 Å². The van der Waals surface area contributed by atoms with E-state index in [1.165, 1.54) is 17.1 Å². The summed E-state index contributed by atoms with van der Waals surface area (Å²) in [5.74, 6) is 1.02. The van der Waals surface area contributed by atoms with Crippen molar-refractivity contribution in [2.75, 3.05) is 43.9 Å². The van der Waals surface area contributed by atoms with E-state index in [-0.39, 0.29) is 0 Å². The second-order valence-corrected chi connectivity index (χ2v) is 8.69. The summed E-state index contributed by atoms with van der Waals surface area (Å²) < 4.78 is 0. The van der Waals surface area contributed by atoms with Crippen molar-refractivity contribution in [3.8, 4) is 22.4 Å². The molecule has 0 unspecified atom stereocenters. The maximum Gasteiger partial charge on any atom is 0.129 e. The molecule has 0 saturated carbocycles. The quantitative estimate of drug-likeness (QED) is 0.439. The molecule has 1 aliphatic rings. The van der Waals surface area contributed by atoms with Crippen LogP contribution in [0.15, 0.2) is 79.8 Å². The Hall–Kier alpha value is -3.90. The van der Waals surface area contributed by atoms with E-state index in [4.69, 9.17) is 10.7 Å². The number of piperazine rings is 1. The lowest BCUT2D eigenvalue weighted by atomic mass is 9.99. The Morgan fingerprint density at radius 3 is 2.35 bits per heavy atom. The van der Waals surface area contributed by atoms with Gasteiger partial charge in [-0.25, -0.2) is 4.98 Å². The van der Waals surface area contributed by atoms with Crippen LogP contribution in [0.2, 0.25) is 0 Å². The molecule has 4 N–H and O–H groups in total. The monoisotopic (exact) mass is 452 g/mol. The fraction of sp³-hybridized carbons (Fsp3) is 0.214. The molecule has 2 aromatic carbocycles. The van der Waals surface area contributed by atoms with Crippen molar-refractivity contribution < 1.29 is 0 Å². The van der Waals surface area contributed by atoms with E-state index in [0.717, 1.165) is 65.5 Å². The highest BCUT2D eigenvalue weighted by molar-refractivity contribution is 5.89. The molecule has 0 aliphatic carbocycles. The topological polar surface area (TPSA) is 84.3 Å². The van der Waals surface area contributed by atoms with Gasteiger partial charge in [0.05, 0.1) is 5.69 Å². The normalized spacial score (nSPS) is 13.9. The molecule has 6 nitrogen and oxygen atoms in total. The van der Waals surface area contributed by atoms with Gasteiger partial charge in [0, 0.05) is 55.2 Å². The number of nitrogens with two attached hydrogens (primary N) is 2. The molecular weight excluding hydrogens is 420 g/mol. The zero-order chi connectivity index (χ0) is 24.1. The van der Waals surface area contributed by atoms with Gasteiger partial charge in [-0.15, -0.1) is 0 Å². The van der Waals surface area contributed by atoms with Crippen molar-refractivity contribution in [2.24, 2.45) is 5.73 Å². The third-order valence-electron chi connectivity index (χ3n) is 6.02. The minimum Gasteiger partial charge on any atom is -0.405 e. The van der Waals surface area contributed by atoms with Gasteiger partial charge in [0.1, 0.15) is 5.82 Å². The smallest absolute Gasteiger partial charge is 0.129 e. The molecule has 174 valence electrons. The molecule has 3 heterocycles. The Kier molecular flexibility index (Phi) is 7.09. The minimum atomic E-state index is 0.790. The molecule has 4 aromatic rings. The maximum atomic E-state index is 6.07. The van der Waals surface area contributed by atoms with E-state index >= 15 is 0 Å². The van der Waals surface area contributed by atoms with Gasteiger partial charge in [-0.2, -0.15) is 0 Å². The third-order valence-corrected chi connectivity index (χ3v) is 6.02. The summed E-state index contributed by atoms with van der Waals surface area (Å²) in [6.45, 7) is 9.34. The fourth-order valence-corrected chi connectivity index (χ4v) is 4.24. The molecule has 0 spiro atoms. The molecule has 6 heteroatoms. The van der Waals surface area contributed by atoms with Crippen molar-refractivity contribution in [3.63, 3.8) is 0 Å². The molecule has 1 aliphatic heterocycles. The van der Waals surface area contributed by atoms with Crippen LogP contribution in [0.25, 0.3) is 33.2 Å². The average molecular weight is 453 g/mol. The van der Waals surface area contributed by atoms with Gasteiger partial charge in [0.2, 0.25) is 0 Å². The number of hydrogen-bond acceptors (Lipinski definition) is 6. The Labute approximate surface area is 201 Å². The molecule has 0 radical (unpaired) electrons. The van der Waals surface area contributed by atoms with E-state index in [9.17, 15) is 0 Å². The van der Waals surface area contributed by atoms with Crippen molar-refractivity contribution >= 4 is 22.3 Å². The van der Waals surface area contributed by atoms with E-state index in [0.29, 0.717) is 0 Å². The number of anilines is 2. The number of fused-ring (bicyclic) bond motifs is 1. The lowest BCUT2D eigenvalue weighted by molar-refractivity contribution is 0.312. The summed E-state index contributed by atoms with van der Waals surface area (Å²) in [4.78, 5) is 14.0. The first kappa shape index (κ1) is 23.3. The molecule has 0 bridgehead atoms. The second-order valence-electron chi connectivity index (χ2n) is 8.69. The Balaban J connectivity index is 0.000000868. The summed E-state index contributed by atoms with van der Waals surface area (Å²) in [7, 11) is 2.17. The van der Waals surface area contributed by atoms with Gasteiger partial charge in [-0.3, -0.25) is 4.98 Å². The largest absolute Gasteiger partial charge is 0.405 e. The van der Waals surface area contributed by atoms with Gasteiger partial charge in [0.15, 0.2) is 0 Å². The number of nitrogen functional groups attached to an aromatic ring is 1. The standard InChI is InChI=1S/C26H27N5.C2H5N/c1-18-11-22(14-24(27)12-18)19-3-4-21-17-29-25(15-23(21)13-19)20-5-6-28-26(16-20)31-9-7-30(2)8-10-31;1-2-3/h3-6,11-17H,7-10,27H2,1-2H3;2H,1,3H2. The zero-order valence-electron chi connectivity index (χ0n) is 19.9. The Bertz CT molecular complexity index is 1270. The zero-order valence-corrected chi connectivity index (χ0v) is 19.9. The van der Waals surface area contributed by atoms with Crippen LogP contribution in [0, 0.1) is 6.92 Å². The number of aryl methyl sites for hydroxylation is 1. The number of hydrogen-bond donors (Lipinski definition) is 2. The van der Waals surface area contributed by atoms with Crippen LogP contribution in [0.3, 0.4) is 0 Å². The maximum absolute atomic E-state index is 6.07. The predicted octanol–water partition coefficient (Wildman–Crippen LogP) is 4.69.